The molecule has 1 rings (SSSR count). The van der Waals surface area contributed by atoms with Crippen molar-refractivity contribution in [2.75, 3.05) is 33.3 Å². The van der Waals surface area contributed by atoms with E-state index in [1.807, 2.05) is 0 Å². The first-order valence-corrected chi connectivity index (χ1v) is 5.71. The Balaban J connectivity index is 1.96. The Morgan fingerprint density at radius 1 is 1.36 bits per heavy atom. The first-order valence-electron chi connectivity index (χ1n) is 5.71. The minimum Gasteiger partial charge on any atom is -0.306 e. The van der Waals surface area contributed by atoms with Gasteiger partial charge in [0.05, 0.1) is 6.61 Å². The van der Waals surface area contributed by atoms with Crippen molar-refractivity contribution in [2.24, 2.45) is 11.8 Å². The Morgan fingerprint density at radius 3 is 2.57 bits per heavy atom. The summed E-state index contributed by atoms with van der Waals surface area (Å²) in [6.07, 6.45) is 2.60. The van der Waals surface area contributed by atoms with Crippen LogP contribution in [0.2, 0.25) is 0 Å². The van der Waals surface area contributed by atoms with Gasteiger partial charge in [-0.25, -0.2) is 5.48 Å². The number of piperidine rings is 1. The second-order valence-electron chi connectivity index (χ2n) is 4.80. The normalized spacial score (nSPS) is 20.6. The van der Waals surface area contributed by atoms with Crippen LogP contribution in [0.15, 0.2) is 0 Å². The molecule has 0 aliphatic carbocycles. The van der Waals surface area contributed by atoms with Crippen molar-refractivity contribution >= 4 is 0 Å². The molecular formula is C11H24N2O. The molecule has 3 nitrogen and oxygen atoms in total. The molecule has 1 fully saturated rings. The SMILES string of the molecule is CC(C)CONCC1CCN(C)CC1. The van der Waals surface area contributed by atoms with E-state index in [0.29, 0.717) is 5.92 Å². The van der Waals surface area contributed by atoms with E-state index >= 15 is 0 Å². The predicted octanol–water partition coefficient (Wildman–Crippen LogP) is 1.51. The third-order valence-corrected chi connectivity index (χ3v) is 2.73. The topological polar surface area (TPSA) is 24.5 Å². The summed E-state index contributed by atoms with van der Waals surface area (Å²) in [5, 5.41) is 0. The molecule has 1 heterocycles. The molecule has 1 aliphatic heterocycles. The maximum atomic E-state index is 5.36. The van der Waals surface area contributed by atoms with Crippen molar-refractivity contribution in [3.63, 3.8) is 0 Å². The Kier molecular flexibility index (Phi) is 5.45. The fourth-order valence-electron chi connectivity index (χ4n) is 1.67. The number of rotatable bonds is 5. The van der Waals surface area contributed by atoms with E-state index in [0.717, 1.165) is 19.1 Å². The summed E-state index contributed by atoms with van der Waals surface area (Å²) in [6.45, 7) is 8.62. The van der Waals surface area contributed by atoms with Gasteiger partial charge < -0.3 is 9.74 Å². The molecule has 0 amide bonds. The van der Waals surface area contributed by atoms with E-state index in [4.69, 9.17) is 4.84 Å². The van der Waals surface area contributed by atoms with Crippen molar-refractivity contribution in [1.29, 1.82) is 0 Å². The highest BCUT2D eigenvalue weighted by molar-refractivity contribution is 4.70. The summed E-state index contributed by atoms with van der Waals surface area (Å²) in [5.74, 6) is 1.42. The Morgan fingerprint density at radius 2 is 2.00 bits per heavy atom. The lowest BCUT2D eigenvalue weighted by Gasteiger charge is -2.28. The lowest BCUT2D eigenvalue weighted by Crippen LogP contribution is -2.35. The molecule has 14 heavy (non-hydrogen) atoms. The third-order valence-electron chi connectivity index (χ3n) is 2.73. The van der Waals surface area contributed by atoms with Crippen LogP contribution >= 0.6 is 0 Å². The van der Waals surface area contributed by atoms with Gasteiger partial charge in [-0.15, -0.1) is 0 Å². The summed E-state index contributed by atoms with van der Waals surface area (Å²) in [5.41, 5.74) is 3.08. The van der Waals surface area contributed by atoms with E-state index in [9.17, 15) is 0 Å². The minimum absolute atomic E-state index is 0.611. The van der Waals surface area contributed by atoms with Crippen LogP contribution in [0.1, 0.15) is 26.7 Å². The van der Waals surface area contributed by atoms with E-state index in [-0.39, 0.29) is 0 Å². The van der Waals surface area contributed by atoms with Crippen molar-refractivity contribution < 1.29 is 4.84 Å². The van der Waals surface area contributed by atoms with Gasteiger partial charge in [0, 0.05) is 6.54 Å². The maximum absolute atomic E-state index is 5.36. The highest BCUT2D eigenvalue weighted by Crippen LogP contribution is 2.14. The average molecular weight is 200 g/mol. The number of nitrogens with zero attached hydrogens (tertiary/aromatic N) is 1. The summed E-state index contributed by atoms with van der Waals surface area (Å²) in [7, 11) is 2.19. The molecule has 1 aliphatic rings. The smallest absolute Gasteiger partial charge is 0.0705 e. The zero-order valence-corrected chi connectivity index (χ0v) is 9.75. The summed E-state index contributed by atoms with van der Waals surface area (Å²) < 4.78 is 0. The zero-order chi connectivity index (χ0) is 10.4. The second-order valence-corrected chi connectivity index (χ2v) is 4.80. The van der Waals surface area contributed by atoms with Gasteiger partial charge in [0.1, 0.15) is 0 Å². The first kappa shape index (κ1) is 12.0. The molecule has 1 saturated heterocycles. The molecule has 0 aromatic carbocycles. The maximum Gasteiger partial charge on any atom is 0.0705 e. The van der Waals surface area contributed by atoms with Crippen LogP contribution in [-0.2, 0) is 4.84 Å². The molecule has 0 radical (unpaired) electrons. The molecule has 0 aromatic heterocycles. The molecule has 84 valence electrons. The van der Waals surface area contributed by atoms with Gasteiger partial charge in [-0.05, 0) is 44.8 Å². The van der Waals surface area contributed by atoms with Crippen LogP contribution < -0.4 is 5.48 Å². The third kappa shape index (κ3) is 4.94. The molecule has 0 saturated carbocycles. The van der Waals surface area contributed by atoms with Gasteiger partial charge in [0.15, 0.2) is 0 Å². The van der Waals surface area contributed by atoms with E-state index < -0.39 is 0 Å². The largest absolute Gasteiger partial charge is 0.306 e. The van der Waals surface area contributed by atoms with Gasteiger partial charge in [-0.2, -0.15) is 0 Å². The lowest BCUT2D eigenvalue weighted by atomic mass is 9.98. The van der Waals surface area contributed by atoms with Crippen LogP contribution in [0.3, 0.4) is 0 Å². The molecule has 0 atom stereocenters. The van der Waals surface area contributed by atoms with Gasteiger partial charge >= 0.3 is 0 Å². The summed E-state index contributed by atoms with van der Waals surface area (Å²) in [6, 6.07) is 0. The van der Waals surface area contributed by atoms with Gasteiger partial charge in [-0.1, -0.05) is 13.8 Å². The number of hydrogen-bond donors (Lipinski definition) is 1. The molecular weight excluding hydrogens is 176 g/mol. The van der Waals surface area contributed by atoms with Crippen LogP contribution in [-0.4, -0.2) is 38.2 Å². The standard InChI is InChI=1S/C11H24N2O/c1-10(2)9-14-12-8-11-4-6-13(3)7-5-11/h10-12H,4-9H2,1-3H3. The molecule has 0 aromatic rings. The molecule has 0 spiro atoms. The van der Waals surface area contributed by atoms with E-state index in [1.165, 1.54) is 25.9 Å². The molecule has 3 heteroatoms. The van der Waals surface area contributed by atoms with Gasteiger partial charge in [-0.3, -0.25) is 0 Å². The van der Waals surface area contributed by atoms with Crippen molar-refractivity contribution in [2.45, 2.75) is 26.7 Å². The summed E-state index contributed by atoms with van der Waals surface area (Å²) >= 11 is 0. The highest BCUT2D eigenvalue weighted by Gasteiger charge is 2.15. The zero-order valence-electron chi connectivity index (χ0n) is 9.75. The Labute approximate surface area is 87.8 Å². The number of hydrogen-bond acceptors (Lipinski definition) is 3. The first-order chi connectivity index (χ1) is 6.68. The van der Waals surface area contributed by atoms with Crippen LogP contribution in [0.5, 0.6) is 0 Å². The Bertz CT molecular complexity index is 142. The van der Waals surface area contributed by atoms with Crippen LogP contribution in [0.4, 0.5) is 0 Å². The lowest BCUT2D eigenvalue weighted by molar-refractivity contribution is 0.0110. The molecule has 0 unspecified atom stereocenters. The fourth-order valence-corrected chi connectivity index (χ4v) is 1.67. The second kappa shape index (κ2) is 6.38. The fraction of sp³-hybridized carbons (Fsp3) is 1.00. The number of nitrogens with one attached hydrogen (secondary N) is 1. The van der Waals surface area contributed by atoms with Gasteiger partial charge in [0.25, 0.3) is 0 Å². The quantitative estimate of drug-likeness (QED) is 0.538. The minimum atomic E-state index is 0.611. The summed E-state index contributed by atoms with van der Waals surface area (Å²) in [4.78, 5) is 7.76. The molecule has 0 bridgehead atoms. The van der Waals surface area contributed by atoms with Crippen LogP contribution in [0, 0.1) is 11.8 Å². The van der Waals surface area contributed by atoms with Crippen molar-refractivity contribution in [3.05, 3.63) is 0 Å². The van der Waals surface area contributed by atoms with E-state index in [2.05, 4.69) is 31.3 Å². The number of hydroxylamine groups is 1. The highest BCUT2D eigenvalue weighted by atomic mass is 16.6. The van der Waals surface area contributed by atoms with Gasteiger partial charge in [0.2, 0.25) is 0 Å². The van der Waals surface area contributed by atoms with E-state index in [1.54, 1.807) is 0 Å². The van der Waals surface area contributed by atoms with Crippen molar-refractivity contribution in [1.82, 2.24) is 10.4 Å². The predicted molar refractivity (Wildman–Crippen MR) is 59.0 cm³/mol. The average Bonchev–Trinajstić information content (AvgIpc) is 2.15. The Hall–Kier alpha value is -0.120. The molecule has 1 N–H and O–H groups in total. The number of likely N-dealkylation sites (tertiary alicyclic amines) is 1. The van der Waals surface area contributed by atoms with Crippen LogP contribution in [0.25, 0.3) is 0 Å². The monoisotopic (exact) mass is 200 g/mol. The van der Waals surface area contributed by atoms with Crippen molar-refractivity contribution in [3.8, 4) is 0 Å².